The number of hydrogen-bond donors (Lipinski definition) is 1. The van der Waals surface area contributed by atoms with Crippen LogP contribution in [0.4, 0.5) is 5.69 Å². The highest BCUT2D eigenvalue weighted by Gasteiger charge is 2.17. The zero-order valence-corrected chi connectivity index (χ0v) is 11.0. The summed E-state index contributed by atoms with van der Waals surface area (Å²) in [6, 6.07) is 7.83. The van der Waals surface area contributed by atoms with E-state index in [0.29, 0.717) is 0 Å². The molecule has 0 aliphatic carbocycles. The summed E-state index contributed by atoms with van der Waals surface area (Å²) in [5.74, 6) is 0.900. The lowest BCUT2D eigenvalue weighted by Crippen LogP contribution is -2.12. The Kier molecular flexibility index (Phi) is 3.07. The third kappa shape index (κ3) is 2.26. The molecule has 1 aliphatic rings. The maximum atomic E-state index is 11.3. The summed E-state index contributed by atoms with van der Waals surface area (Å²) >= 11 is 0. The average Bonchev–Trinajstić information content (AvgIpc) is 2.82. The van der Waals surface area contributed by atoms with Gasteiger partial charge in [0, 0.05) is 30.9 Å². The molecule has 1 amide bonds. The fourth-order valence-corrected chi connectivity index (χ4v) is 2.63. The summed E-state index contributed by atoms with van der Waals surface area (Å²) in [7, 11) is 0. The molecule has 0 unspecified atom stereocenters. The van der Waals surface area contributed by atoms with E-state index in [9.17, 15) is 4.79 Å². The van der Waals surface area contributed by atoms with Crippen molar-refractivity contribution < 1.29 is 4.79 Å². The van der Waals surface area contributed by atoms with Crippen molar-refractivity contribution in [1.82, 2.24) is 9.55 Å². The third-order valence-electron chi connectivity index (χ3n) is 3.48. The van der Waals surface area contributed by atoms with Gasteiger partial charge in [-0.1, -0.05) is 12.1 Å². The van der Waals surface area contributed by atoms with Gasteiger partial charge in [0.2, 0.25) is 5.91 Å². The van der Waals surface area contributed by atoms with Gasteiger partial charge in [-0.15, -0.1) is 0 Å². The zero-order chi connectivity index (χ0) is 13.2. The predicted octanol–water partition coefficient (Wildman–Crippen LogP) is 2.84. The van der Waals surface area contributed by atoms with Crippen LogP contribution in [0.5, 0.6) is 0 Å². The van der Waals surface area contributed by atoms with Gasteiger partial charge >= 0.3 is 0 Å². The molecule has 98 valence electrons. The number of nitrogens with one attached hydrogen (secondary N) is 1. The second-order valence-electron chi connectivity index (χ2n) is 4.91. The molecule has 2 aromatic rings. The molecule has 4 heteroatoms. The van der Waals surface area contributed by atoms with Crippen molar-refractivity contribution in [1.29, 1.82) is 0 Å². The van der Waals surface area contributed by atoms with Crippen molar-refractivity contribution in [3.63, 3.8) is 0 Å². The monoisotopic (exact) mass is 255 g/mol. The first-order valence-corrected chi connectivity index (χ1v) is 6.67. The number of anilines is 1. The summed E-state index contributed by atoms with van der Waals surface area (Å²) < 4.78 is 2.27. The molecular formula is C15H17N3O. The Labute approximate surface area is 112 Å². The molecule has 0 fully saturated rings. The van der Waals surface area contributed by atoms with E-state index >= 15 is 0 Å². The van der Waals surface area contributed by atoms with Gasteiger partial charge in [0.1, 0.15) is 5.82 Å². The predicted molar refractivity (Wildman–Crippen MR) is 74.9 cm³/mol. The largest absolute Gasteiger partial charge is 0.328 e. The van der Waals surface area contributed by atoms with Crippen molar-refractivity contribution in [2.75, 3.05) is 5.32 Å². The van der Waals surface area contributed by atoms with Crippen LogP contribution >= 0.6 is 0 Å². The van der Waals surface area contributed by atoms with Gasteiger partial charge in [-0.3, -0.25) is 4.79 Å². The molecule has 1 aromatic carbocycles. The summed E-state index contributed by atoms with van der Waals surface area (Å²) in [5.41, 5.74) is 3.11. The molecule has 19 heavy (non-hydrogen) atoms. The fraction of sp³-hybridized carbons (Fsp3) is 0.333. The summed E-state index contributed by atoms with van der Waals surface area (Å²) in [5, 5.41) is 2.88. The number of fused-ring (bicyclic) bond motifs is 1. The first-order chi connectivity index (χ1) is 9.25. The molecule has 0 atom stereocenters. The Morgan fingerprint density at radius 1 is 1.32 bits per heavy atom. The molecule has 3 rings (SSSR count). The van der Waals surface area contributed by atoms with Gasteiger partial charge in [-0.25, -0.2) is 4.98 Å². The highest BCUT2D eigenvalue weighted by molar-refractivity contribution is 5.93. The number of hydrogen-bond acceptors (Lipinski definition) is 2. The van der Waals surface area contributed by atoms with Gasteiger partial charge in [0.25, 0.3) is 0 Å². The highest BCUT2D eigenvalue weighted by Crippen LogP contribution is 2.29. The first kappa shape index (κ1) is 12.0. The maximum absolute atomic E-state index is 11.3. The molecule has 0 saturated carbocycles. The number of rotatable bonds is 2. The summed E-state index contributed by atoms with van der Waals surface area (Å²) in [6.45, 7) is 2.54. The van der Waals surface area contributed by atoms with E-state index in [-0.39, 0.29) is 5.91 Å². The number of nitrogens with zero attached hydrogens (tertiary/aromatic N) is 2. The first-order valence-electron chi connectivity index (χ1n) is 6.67. The van der Waals surface area contributed by atoms with Crippen LogP contribution in [0.1, 0.15) is 25.5 Å². The lowest BCUT2D eigenvalue weighted by Gasteiger charge is -2.17. The molecule has 1 aromatic heterocycles. The van der Waals surface area contributed by atoms with Crippen LogP contribution in [0.3, 0.4) is 0 Å². The van der Waals surface area contributed by atoms with Crippen LogP contribution in [0.2, 0.25) is 0 Å². The van der Waals surface area contributed by atoms with Gasteiger partial charge in [-0.05, 0) is 31.4 Å². The van der Waals surface area contributed by atoms with Crippen molar-refractivity contribution in [2.24, 2.45) is 0 Å². The Morgan fingerprint density at radius 2 is 2.16 bits per heavy atom. The minimum Gasteiger partial charge on any atom is -0.328 e. The lowest BCUT2D eigenvalue weighted by molar-refractivity contribution is -0.114. The lowest BCUT2D eigenvalue weighted by atomic mass is 10.1. The second kappa shape index (κ2) is 4.88. The number of carbonyl (C=O) groups excluding carboxylic acids is 1. The van der Waals surface area contributed by atoms with Gasteiger partial charge in [0.05, 0.1) is 5.69 Å². The SMILES string of the molecule is CC(=O)Nc1ccccc1-c1ncc2n1CCCC2. The molecular weight excluding hydrogens is 238 g/mol. The number of benzene rings is 1. The van der Waals surface area contributed by atoms with Crippen LogP contribution in [0.25, 0.3) is 11.4 Å². The molecule has 2 heterocycles. The number of aromatic nitrogens is 2. The van der Waals surface area contributed by atoms with E-state index in [1.165, 1.54) is 25.5 Å². The molecule has 0 radical (unpaired) electrons. The average molecular weight is 255 g/mol. The number of aryl methyl sites for hydroxylation is 1. The van der Waals surface area contributed by atoms with Gasteiger partial charge in [0.15, 0.2) is 0 Å². The van der Waals surface area contributed by atoms with Crippen LogP contribution < -0.4 is 5.32 Å². The minimum atomic E-state index is -0.0575. The topological polar surface area (TPSA) is 46.9 Å². The van der Waals surface area contributed by atoms with Gasteiger partial charge < -0.3 is 9.88 Å². The Morgan fingerprint density at radius 3 is 3.00 bits per heavy atom. The summed E-state index contributed by atoms with van der Waals surface area (Å²) in [6.07, 6.45) is 5.48. The Balaban J connectivity index is 2.07. The molecule has 0 saturated heterocycles. The van der Waals surface area contributed by atoms with E-state index in [4.69, 9.17) is 0 Å². The van der Waals surface area contributed by atoms with Crippen molar-refractivity contribution in [3.8, 4) is 11.4 Å². The number of imidazole rings is 1. The van der Waals surface area contributed by atoms with Crippen LogP contribution in [-0.2, 0) is 17.8 Å². The molecule has 1 N–H and O–H groups in total. The second-order valence-corrected chi connectivity index (χ2v) is 4.91. The molecule has 1 aliphatic heterocycles. The van der Waals surface area contributed by atoms with Crippen molar-refractivity contribution in [2.45, 2.75) is 32.7 Å². The zero-order valence-electron chi connectivity index (χ0n) is 11.0. The van der Waals surface area contributed by atoms with Crippen molar-refractivity contribution in [3.05, 3.63) is 36.2 Å². The Bertz CT molecular complexity index is 616. The van der Waals surface area contributed by atoms with E-state index in [0.717, 1.165) is 30.0 Å². The van der Waals surface area contributed by atoms with Gasteiger partial charge in [-0.2, -0.15) is 0 Å². The number of amides is 1. The number of carbonyl (C=O) groups is 1. The third-order valence-corrected chi connectivity index (χ3v) is 3.48. The quantitative estimate of drug-likeness (QED) is 0.897. The Hall–Kier alpha value is -2.10. The maximum Gasteiger partial charge on any atom is 0.221 e. The van der Waals surface area contributed by atoms with E-state index in [2.05, 4.69) is 14.9 Å². The molecule has 0 spiro atoms. The highest BCUT2D eigenvalue weighted by atomic mass is 16.1. The standard InChI is InChI=1S/C15H17N3O/c1-11(19)17-14-8-3-2-7-13(14)15-16-10-12-6-4-5-9-18(12)15/h2-3,7-8,10H,4-6,9H2,1H3,(H,17,19). The normalized spacial score (nSPS) is 13.9. The molecule has 4 nitrogen and oxygen atoms in total. The van der Waals surface area contributed by atoms with Crippen LogP contribution in [-0.4, -0.2) is 15.5 Å². The van der Waals surface area contributed by atoms with Crippen LogP contribution in [0.15, 0.2) is 30.5 Å². The van der Waals surface area contributed by atoms with E-state index in [1.807, 2.05) is 30.5 Å². The van der Waals surface area contributed by atoms with E-state index in [1.54, 1.807) is 0 Å². The smallest absolute Gasteiger partial charge is 0.221 e. The fourth-order valence-electron chi connectivity index (χ4n) is 2.63. The minimum absolute atomic E-state index is 0.0575. The van der Waals surface area contributed by atoms with Crippen LogP contribution in [0, 0.1) is 0 Å². The van der Waals surface area contributed by atoms with Crippen molar-refractivity contribution >= 4 is 11.6 Å². The summed E-state index contributed by atoms with van der Waals surface area (Å²) in [4.78, 5) is 15.8. The number of para-hydroxylation sites is 1. The van der Waals surface area contributed by atoms with E-state index < -0.39 is 0 Å². The molecule has 0 bridgehead atoms.